The number of rotatable bonds is 3. The molecule has 186 valence electrons. The number of ether oxygens (including phenoxy) is 1. The molecule has 0 aliphatic heterocycles. The summed E-state index contributed by atoms with van der Waals surface area (Å²) in [6.07, 6.45) is 4.58. The first-order valence-electron chi connectivity index (χ1n) is 11.6. The Labute approximate surface area is 206 Å². The van der Waals surface area contributed by atoms with Crippen molar-refractivity contribution in [3.8, 4) is 22.7 Å². The molecule has 0 aromatic carbocycles. The fourth-order valence-corrected chi connectivity index (χ4v) is 4.20. The van der Waals surface area contributed by atoms with Gasteiger partial charge in [-0.3, -0.25) is 4.79 Å². The van der Waals surface area contributed by atoms with E-state index in [0.717, 1.165) is 25.7 Å². The summed E-state index contributed by atoms with van der Waals surface area (Å²) < 4.78 is 7.01. The highest BCUT2D eigenvalue weighted by Crippen LogP contribution is 2.30. The van der Waals surface area contributed by atoms with Gasteiger partial charge in [-0.2, -0.15) is 4.90 Å². The quantitative estimate of drug-likeness (QED) is 0.466. The normalized spacial score (nSPS) is 14.2. The number of pyridine rings is 1. The number of carbonyl (C=O) groups is 2. The van der Waals surface area contributed by atoms with Gasteiger partial charge in [-0.25, -0.2) is 19.6 Å². The molecule has 2 aromatic heterocycles. The number of hydrogen-bond acceptors (Lipinski definition) is 6. The zero-order valence-electron chi connectivity index (χ0n) is 21.1. The third kappa shape index (κ3) is 6.79. The Morgan fingerprint density at radius 3 is 2.43 bits per heavy atom. The van der Waals surface area contributed by atoms with Crippen LogP contribution in [0.4, 0.5) is 15.4 Å². The van der Waals surface area contributed by atoms with Crippen LogP contribution in [0.15, 0.2) is 29.3 Å². The highest BCUT2D eigenvalue weighted by Gasteiger charge is 2.32. The molecular weight excluding hydrogens is 464 g/mol. The van der Waals surface area contributed by atoms with Gasteiger partial charge < -0.3 is 14.4 Å². The molecule has 1 aliphatic carbocycles. The van der Waals surface area contributed by atoms with Crippen LogP contribution in [0.2, 0.25) is 19.6 Å². The average molecular weight is 497 g/mol. The number of carbonyl (C=O) groups excluding carboxylic acids is 1. The molecule has 1 fully saturated rings. The van der Waals surface area contributed by atoms with Crippen molar-refractivity contribution >= 4 is 26.1 Å². The molecule has 2 amide bonds. The molecule has 10 heteroatoms. The summed E-state index contributed by atoms with van der Waals surface area (Å²) in [7, 11) is -1.88. The van der Waals surface area contributed by atoms with Crippen LogP contribution in [0.25, 0.3) is 11.3 Å². The topological polar surface area (TPSA) is 115 Å². The predicted molar refractivity (Wildman–Crippen MR) is 136 cm³/mol. The summed E-state index contributed by atoms with van der Waals surface area (Å²) >= 11 is 0. The van der Waals surface area contributed by atoms with E-state index in [-0.39, 0.29) is 23.1 Å². The van der Waals surface area contributed by atoms with Crippen LogP contribution in [0.5, 0.6) is 0 Å². The first kappa shape index (κ1) is 26.2. The summed E-state index contributed by atoms with van der Waals surface area (Å²) in [4.78, 5) is 46.5. The van der Waals surface area contributed by atoms with E-state index in [0.29, 0.717) is 16.2 Å². The molecule has 0 unspecified atom stereocenters. The van der Waals surface area contributed by atoms with Crippen molar-refractivity contribution in [1.82, 2.24) is 14.5 Å². The van der Waals surface area contributed by atoms with Gasteiger partial charge in [-0.1, -0.05) is 38.4 Å². The summed E-state index contributed by atoms with van der Waals surface area (Å²) in [5.74, 6) is 2.74. The lowest BCUT2D eigenvalue weighted by Crippen LogP contribution is -2.41. The maximum atomic E-state index is 12.7. The van der Waals surface area contributed by atoms with E-state index in [4.69, 9.17) is 4.74 Å². The minimum Gasteiger partial charge on any atom is -0.464 e. The van der Waals surface area contributed by atoms with E-state index in [1.807, 2.05) is 19.6 Å². The monoisotopic (exact) mass is 496 g/mol. The van der Waals surface area contributed by atoms with Crippen LogP contribution in [0.1, 0.15) is 58.2 Å². The van der Waals surface area contributed by atoms with Gasteiger partial charge in [0.1, 0.15) is 13.7 Å². The largest absolute Gasteiger partial charge is 0.464 e. The number of anilines is 1. The first-order chi connectivity index (χ1) is 16.2. The van der Waals surface area contributed by atoms with Gasteiger partial charge in [0, 0.05) is 23.9 Å². The number of nitrogens with zero attached hydrogens (tertiary/aromatic N) is 4. The molecule has 0 spiro atoms. The number of amides is 2. The fourth-order valence-electron chi connectivity index (χ4n) is 3.70. The van der Waals surface area contributed by atoms with E-state index in [1.165, 1.54) is 12.3 Å². The third-order valence-electron chi connectivity index (χ3n) is 5.24. The second-order valence-electron chi connectivity index (χ2n) is 10.6. The molecule has 0 bridgehead atoms. The number of aromatic nitrogens is 3. The minimum atomic E-state index is -1.88. The maximum Gasteiger partial charge on any atom is 0.425 e. The molecule has 1 saturated carbocycles. The van der Waals surface area contributed by atoms with Gasteiger partial charge >= 0.3 is 12.2 Å². The molecule has 9 nitrogen and oxygen atoms in total. The van der Waals surface area contributed by atoms with Crippen molar-refractivity contribution in [3.05, 3.63) is 40.6 Å². The smallest absolute Gasteiger partial charge is 0.425 e. The Bertz CT molecular complexity index is 1240. The standard InChI is InChI=1S/C25H32N4O5Si/c1-25(2,3)34-24(33)29(23(31)32)22-19(13-14-35(4,5)6)27-20(15-26-22)17-11-12-21(30)28(16-17)18-9-7-8-10-18/h11-12,15-16,18H,7-10H2,1-6H3,(H,31,32). The van der Waals surface area contributed by atoms with Crippen molar-refractivity contribution in [2.75, 3.05) is 4.90 Å². The molecule has 1 N–H and O–H groups in total. The van der Waals surface area contributed by atoms with Gasteiger partial charge in [0.05, 0.1) is 11.9 Å². The van der Waals surface area contributed by atoms with Crippen molar-refractivity contribution in [3.63, 3.8) is 0 Å². The highest BCUT2D eigenvalue weighted by molar-refractivity contribution is 6.83. The van der Waals surface area contributed by atoms with Crippen molar-refractivity contribution in [2.24, 2.45) is 0 Å². The Kier molecular flexibility index (Phi) is 7.50. The van der Waals surface area contributed by atoms with Gasteiger partial charge in [-0.05, 0) is 39.7 Å². The predicted octanol–water partition coefficient (Wildman–Crippen LogP) is 5.07. The van der Waals surface area contributed by atoms with Crippen molar-refractivity contribution in [1.29, 1.82) is 0 Å². The van der Waals surface area contributed by atoms with E-state index in [1.54, 1.807) is 37.6 Å². The zero-order chi connectivity index (χ0) is 26.0. The lowest BCUT2D eigenvalue weighted by Gasteiger charge is -2.24. The zero-order valence-corrected chi connectivity index (χ0v) is 22.1. The number of imide groups is 1. The van der Waals surface area contributed by atoms with E-state index in [2.05, 4.69) is 21.4 Å². The molecule has 3 rings (SSSR count). The van der Waals surface area contributed by atoms with Crippen LogP contribution in [0, 0.1) is 11.5 Å². The summed E-state index contributed by atoms with van der Waals surface area (Å²) in [5.41, 5.74) is 3.32. The number of carboxylic acid groups (broad SMARTS) is 1. The van der Waals surface area contributed by atoms with Gasteiger partial charge in [-0.15, -0.1) is 5.54 Å². The minimum absolute atomic E-state index is 0.0526. The Morgan fingerprint density at radius 1 is 1.20 bits per heavy atom. The third-order valence-corrected chi connectivity index (χ3v) is 6.12. The summed E-state index contributed by atoms with van der Waals surface area (Å²) in [6, 6.07) is 3.31. The van der Waals surface area contributed by atoms with E-state index < -0.39 is 25.9 Å². The van der Waals surface area contributed by atoms with E-state index in [9.17, 15) is 19.5 Å². The average Bonchev–Trinajstić information content (AvgIpc) is 3.26. The van der Waals surface area contributed by atoms with Crippen LogP contribution >= 0.6 is 0 Å². The second kappa shape index (κ2) is 10.0. The van der Waals surface area contributed by atoms with Crippen molar-refractivity contribution in [2.45, 2.75) is 77.7 Å². The first-order valence-corrected chi connectivity index (χ1v) is 15.1. The van der Waals surface area contributed by atoms with Crippen LogP contribution in [0.3, 0.4) is 0 Å². The molecule has 0 saturated heterocycles. The van der Waals surface area contributed by atoms with Crippen LogP contribution in [-0.2, 0) is 4.74 Å². The van der Waals surface area contributed by atoms with E-state index >= 15 is 0 Å². The summed E-state index contributed by atoms with van der Waals surface area (Å²) in [6.45, 7) is 11.0. The molecule has 0 radical (unpaired) electrons. The van der Waals surface area contributed by atoms with Gasteiger partial charge in [0.2, 0.25) is 0 Å². The number of hydrogen-bond donors (Lipinski definition) is 1. The van der Waals surface area contributed by atoms with Crippen molar-refractivity contribution < 1.29 is 19.4 Å². The Morgan fingerprint density at radius 2 is 1.86 bits per heavy atom. The molecule has 35 heavy (non-hydrogen) atoms. The highest BCUT2D eigenvalue weighted by atomic mass is 28.3. The fraction of sp³-hybridized carbons (Fsp3) is 0.480. The van der Waals surface area contributed by atoms with Gasteiger partial charge in [0.25, 0.3) is 5.56 Å². The molecule has 0 atom stereocenters. The van der Waals surface area contributed by atoms with Crippen LogP contribution < -0.4 is 10.5 Å². The Balaban J connectivity index is 2.13. The van der Waals surface area contributed by atoms with Crippen LogP contribution in [-0.4, -0.2) is 45.5 Å². The molecular formula is C25H32N4O5Si. The maximum absolute atomic E-state index is 12.7. The lowest BCUT2D eigenvalue weighted by atomic mass is 10.2. The lowest BCUT2D eigenvalue weighted by molar-refractivity contribution is 0.0580. The second-order valence-corrected chi connectivity index (χ2v) is 15.4. The SMILES string of the molecule is CC(C)(C)OC(=O)N(C(=O)O)c1ncc(-c2ccc(=O)n(C3CCCC3)c2)nc1C#C[Si](C)(C)C. The molecule has 2 aromatic rings. The van der Waals surface area contributed by atoms with Gasteiger partial charge in [0.15, 0.2) is 11.5 Å². The molecule has 2 heterocycles. The summed E-state index contributed by atoms with van der Waals surface area (Å²) in [5, 5.41) is 9.80. The Hall–Kier alpha value is -3.45. The molecule has 1 aliphatic rings.